The van der Waals surface area contributed by atoms with E-state index in [0.717, 1.165) is 0 Å². The van der Waals surface area contributed by atoms with Gasteiger partial charge in [-0.1, -0.05) is 47.5 Å². The lowest BCUT2D eigenvalue weighted by Gasteiger charge is -1.98. The number of carbonyl (C=O) groups excluding carboxylic acids is 2. The van der Waals surface area contributed by atoms with Crippen molar-refractivity contribution < 1.29 is 9.59 Å². The minimum Gasteiger partial charge on any atom is -0.307 e. The van der Waals surface area contributed by atoms with Crippen LogP contribution in [0.5, 0.6) is 0 Å². The standard InChI is InChI=1S/2C9H12.2CH2O/c2*1-7-4-5-8(2)9(3)6-7;2*1-2/h2*4-6H,1-3H3;2*1H2. The van der Waals surface area contributed by atoms with Gasteiger partial charge >= 0.3 is 0 Å². The van der Waals surface area contributed by atoms with E-state index in [1.54, 1.807) is 0 Å². The number of rotatable bonds is 0. The second-order valence-electron chi connectivity index (χ2n) is 5.18. The van der Waals surface area contributed by atoms with Gasteiger partial charge in [-0.05, 0) is 63.8 Å². The molecule has 0 amide bonds. The van der Waals surface area contributed by atoms with Crippen molar-refractivity contribution in [3.63, 3.8) is 0 Å². The SMILES string of the molecule is C=O.C=O.Cc1ccc(C)c(C)c1.Cc1ccc(C)c(C)c1. The molecule has 0 aromatic heterocycles. The first-order chi connectivity index (χ1) is 10.4. The highest BCUT2D eigenvalue weighted by atomic mass is 16.1. The Bertz CT molecular complexity index is 508. The average molecular weight is 300 g/mol. The minimum atomic E-state index is 1.35. The van der Waals surface area contributed by atoms with E-state index >= 15 is 0 Å². The second-order valence-corrected chi connectivity index (χ2v) is 5.18. The van der Waals surface area contributed by atoms with Gasteiger partial charge in [0.25, 0.3) is 0 Å². The van der Waals surface area contributed by atoms with Crippen LogP contribution in [0.4, 0.5) is 0 Å². The van der Waals surface area contributed by atoms with Crippen molar-refractivity contribution in [2.75, 3.05) is 0 Å². The molecule has 0 heterocycles. The molecule has 0 atom stereocenters. The summed E-state index contributed by atoms with van der Waals surface area (Å²) in [6, 6.07) is 13.0. The predicted octanol–water partition coefficient (Wildman–Crippen LogP) is 4.85. The van der Waals surface area contributed by atoms with Crippen LogP contribution < -0.4 is 0 Å². The lowest BCUT2D eigenvalue weighted by Crippen LogP contribution is -1.79. The number of hydrogen-bond donors (Lipinski definition) is 0. The molecule has 2 heteroatoms. The number of carbonyl (C=O) groups is 2. The first-order valence-electron chi connectivity index (χ1n) is 7.05. The Morgan fingerprint density at radius 3 is 0.955 bits per heavy atom. The van der Waals surface area contributed by atoms with Crippen molar-refractivity contribution in [1.29, 1.82) is 0 Å². The Morgan fingerprint density at radius 2 is 0.773 bits per heavy atom. The Labute approximate surface area is 135 Å². The molecule has 0 bridgehead atoms. The highest BCUT2D eigenvalue weighted by Gasteiger charge is 1.89. The highest BCUT2D eigenvalue weighted by molar-refractivity contribution is 5.29. The third-order valence-electron chi connectivity index (χ3n) is 3.32. The van der Waals surface area contributed by atoms with Crippen LogP contribution in [0.25, 0.3) is 0 Å². The average Bonchev–Trinajstić information content (AvgIpc) is 2.52. The molecule has 2 aromatic carbocycles. The summed E-state index contributed by atoms with van der Waals surface area (Å²) in [6.45, 7) is 16.8. The van der Waals surface area contributed by atoms with E-state index in [1.807, 2.05) is 13.6 Å². The fourth-order valence-corrected chi connectivity index (χ4v) is 1.78. The zero-order valence-electron chi connectivity index (χ0n) is 14.7. The third kappa shape index (κ3) is 8.85. The molecule has 2 nitrogen and oxygen atoms in total. The molecule has 0 fully saturated rings. The molecular formula is C20H28O2. The Morgan fingerprint density at radius 1 is 0.500 bits per heavy atom. The summed E-state index contributed by atoms with van der Waals surface area (Å²) >= 11 is 0. The lowest BCUT2D eigenvalue weighted by molar-refractivity contribution is -0.0987. The van der Waals surface area contributed by atoms with Crippen molar-refractivity contribution in [3.05, 3.63) is 69.8 Å². The zero-order valence-corrected chi connectivity index (χ0v) is 14.7. The maximum Gasteiger partial charge on any atom is 0.106 e. The summed E-state index contributed by atoms with van der Waals surface area (Å²) in [5.41, 5.74) is 8.21. The van der Waals surface area contributed by atoms with E-state index in [-0.39, 0.29) is 0 Å². The summed E-state index contributed by atoms with van der Waals surface area (Å²) in [5.74, 6) is 0. The first-order valence-corrected chi connectivity index (χ1v) is 7.05. The van der Waals surface area contributed by atoms with Crippen LogP contribution in [-0.4, -0.2) is 13.6 Å². The van der Waals surface area contributed by atoms with Crippen molar-refractivity contribution in [3.8, 4) is 0 Å². The molecule has 0 saturated carbocycles. The summed E-state index contributed by atoms with van der Waals surface area (Å²) in [6.07, 6.45) is 0. The molecular weight excluding hydrogens is 272 g/mol. The van der Waals surface area contributed by atoms with E-state index < -0.39 is 0 Å². The van der Waals surface area contributed by atoms with Crippen LogP contribution in [0.15, 0.2) is 36.4 Å². The summed E-state index contributed by atoms with van der Waals surface area (Å²) in [5, 5.41) is 0. The van der Waals surface area contributed by atoms with Gasteiger partial charge in [-0.15, -0.1) is 0 Å². The Kier molecular flexibility index (Phi) is 12.6. The Balaban J connectivity index is 0. The highest BCUT2D eigenvalue weighted by Crippen LogP contribution is 2.08. The van der Waals surface area contributed by atoms with E-state index in [1.165, 1.54) is 33.4 Å². The molecule has 0 aliphatic rings. The van der Waals surface area contributed by atoms with Crippen LogP contribution in [-0.2, 0) is 9.59 Å². The minimum absolute atomic E-state index is 1.35. The van der Waals surface area contributed by atoms with Crippen molar-refractivity contribution in [2.45, 2.75) is 41.5 Å². The maximum atomic E-state index is 8.00. The van der Waals surface area contributed by atoms with Crippen LogP contribution in [0.3, 0.4) is 0 Å². The number of aryl methyl sites for hydroxylation is 6. The Hall–Kier alpha value is -2.22. The van der Waals surface area contributed by atoms with Crippen LogP contribution >= 0.6 is 0 Å². The molecule has 22 heavy (non-hydrogen) atoms. The summed E-state index contributed by atoms with van der Waals surface area (Å²) in [4.78, 5) is 16.0. The summed E-state index contributed by atoms with van der Waals surface area (Å²) < 4.78 is 0. The van der Waals surface area contributed by atoms with Gasteiger partial charge < -0.3 is 9.59 Å². The monoisotopic (exact) mass is 300 g/mol. The normalized spacial score (nSPS) is 8.27. The van der Waals surface area contributed by atoms with E-state index in [2.05, 4.69) is 77.9 Å². The van der Waals surface area contributed by atoms with Gasteiger partial charge in [0.05, 0.1) is 0 Å². The van der Waals surface area contributed by atoms with E-state index in [9.17, 15) is 0 Å². The number of hydrogen-bond acceptors (Lipinski definition) is 2. The van der Waals surface area contributed by atoms with Gasteiger partial charge in [0.1, 0.15) is 13.6 Å². The molecule has 0 aliphatic carbocycles. The van der Waals surface area contributed by atoms with Crippen LogP contribution in [0.1, 0.15) is 33.4 Å². The molecule has 0 spiro atoms. The van der Waals surface area contributed by atoms with Crippen molar-refractivity contribution >= 4 is 13.6 Å². The third-order valence-corrected chi connectivity index (χ3v) is 3.32. The molecule has 2 aromatic rings. The van der Waals surface area contributed by atoms with Crippen molar-refractivity contribution in [1.82, 2.24) is 0 Å². The summed E-state index contributed by atoms with van der Waals surface area (Å²) in [7, 11) is 0. The van der Waals surface area contributed by atoms with Gasteiger partial charge in [0.15, 0.2) is 0 Å². The smallest absolute Gasteiger partial charge is 0.106 e. The first kappa shape index (κ1) is 22.1. The largest absolute Gasteiger partial charge is 0.307 e. The van der Waals surface area contributed by atoms with E-state index in [0.29, 0.717) is 0 Å². The van der Waals surface area contributed by atoms with Gasteiger partial charge in [-0.3, -0.25) is 0 Å². The van der Waals surface area contributed by atoms with Gasteiger partial charge in [-0.25, -0.2) is 0 Å². The van der Waals surface area contributed by atoms with Gasteiger partial charge in [0, 0.05) is 0 Å². The van der Waals surface area contributed by atoms with Gasteiger partial charge in [0.2, 0.25) is 0 Å². The fourth-order valence-electron chi connectivity index (χ4n) is 1.78. The fraction of sp³-hybridized carbons (Fsp3) is 0.300. The molecule has 0 unspecified atom stereocenters. The second kappa shape index (κ2) is 12.5. The predicted molar refractivity (Wildman–Crippen MR) is 95.5 cm³/mol. The van der Waals surface area contributed by atoms with Crippen LogP contribution in [0.2, 0.25) is 0 Å². The molecule has 2 rings (SSSR count). The molecule has 0 radical (unpaired) electrons. The topological polar surface area (TPSA) is 34.1 Å². The molecule has 0 saturated heterocycles. The zero-order chi connectivity index (χ0) is 17.7. The molecule has 0 aliphatic heterocycles. The van der Waals surface area contributed by atoms with Gasteiger partial charge in [-0.2, -0.15) is 0 Å². The van der Waals surface area contributed by atoms with E-state index in [4.69, 9.17) is 9.59 Å². The maximum absolute atomic E-state index is 8.00. The molecule has 120 valence electrons. The van der Waals surface area contributed by atoms with Crippen molar-refractivity contribution in [2.24, 2.45) is 0 Å². The molecule has 0 N–H and O–H groups in total. The quantitative estimate of drug-likeness (QED) is 0.696. The number of benzene rings is 2. The van der Waals surface area contributed by atoms with Crippen LogP contribution in [0, 0.1) is 41.5 Å². The lowest BCUT2D eigenvalue weighted by atomic mass is 10.1.